The number of hydrogen-bond acceptors (Lipinski definition) is 3. The zero-order valence-electron chi connectivity index (χ0n) is 10.2. The van der Waals surface area contributed by atoms with E-state index >= 15 is 0 Å². The Kier molecular flexibility index (Phi) is 4.95. The number of carbonyl (C=O) groups is 2. The van der Waals surface area contributed by atoms with Gasteiger partial charge in [-0.25, -0.2) is 0 Å². The molecule has 1 rings (SSSR count). The molecule has 0 aliphatic heterocycles. The first-order valence-electron chi connectivity index (χ1n) is 6.11. The molecule has 0 heterocycles. The lowest BCUT2D eigenvalue weighted by Crippen LogP contribution is -2.40. The van der Waals surface area contributed by atoms with Crippen molar-refractivity contribution in [1.29, 1.82) is 5.26 Å². The second-order valence-corrected chi connectivity index (χ2v) is 4.36. The molecule has 0 bridgehead atoms. The molecule has 17 heavy (non-hydrogen) atoms. The standard InChI is InChI=1S/C12H19N3O2/c1-2-14-10(16)5-8-15-11(17)12(9-13)6-3-4-7-12/h2-8H2,1H3,(H,14,16)(H,15,17). The Bertz CT molecular complexity index is 327. The largest absolute Gasteiger partial charge is 0.356 e. The number of carbonyl (C=O) groups excluding carboxylic acids is 2. The highest BCUT2D eigenvalue weighted by Crippen LogP contribution is 2.37. The number of nitrogens with zero attached hydrogens (tertiary/aromatic N) is 1. The van der Waals surface area contributed by atoms with E-state index < -0.39 is 5.41 Å². The van der Waals surface area contributed by atoms with Gasteiger partial charge in [-0.1, -0.05) is 12.8 Å². The van der Waals surface area contributed by atoms with Crippen LogP contribution < -0.4 is 10.6 Å². The summed E-state index contributed by atoms with van der Waals surface area (Å²) in [6.07, 6.45) is 3.39. The average Bonchev–Trinajstić information content (AvgIpc) is 2.79. The molecule has 5 heteroatoms. The summed E-state index contributed by atoms with van der Waals surface area (Å²) in [4.78, 5) is 23.0. The highest BCUT2D eigenvalue weighted by atomic mass is 16.2. The van der Waals surface area contributed by atoms with Gasteiger partial charge in [-0.15, -0.1) is 0 Å². The molecule has 1 aliphatic rings. The molecule has 1 fully saturated rings. The van der Waals surface area contributed by atoms with E-state index in [1.54, 1.807) is 0 Å². The zero-order chi connectivity index (χ0) is 12.7. The van der Waals surface area contributed by atoms with Gasteiger partial charge in [0.05, 0.1) is 6.07 Å². The molecule has 94 valence electrons. The van der Waals surface area contributed by atoms with Crippen molar-refractivity contribution in [2.45, 2.75) is 39.0 Å². The molecule has 2 N–H and O–H groups in total. The van der Waals surface area contributed by atoms with Crippen molar-refractivity contribution < 1.29 is 9.59 Å². The van der Waals surface area contributed by atoms with E-state index in [2.05, 4.69) is 16.7 Å². The van der Waals surface area contributed by atoms with Gasteiger partial charge >= 0.3 is 0 Å². The lowest BCUT2D eigenvalue weighted by atomic mass is 9.87. The molecule has 0 aromatic carbocycles. The normalized spacial score (nSPS) is 17.2. The summed E-state index contributed by atoms with van der Waals surface area (Å²) in [5, 5.41) is 14.4. The number of hydrogen-bond donors (Lipinski definition) is 2. The van der Waals surface area contributed by atoms with Crippen LogP contribution in [0.3, 0.4) is 0 Å². The summed E-state index contributed by atoms with van der Waals surface area (Å²) < 4.78 is 0. The minimum absolute atomic E-state index is 0.0785. The van der Waals surface area contributed by atoms with Crippen LogP contribution in [-0.2, 0) is 9.59 Å². The minimum atomic E-state index is -0.846. The molecule has 0 unspecified atom stereocenters. The summed E-state index contributed by atoms with van der Waals surface area (Å²) >= 11 is 0. The van der Waals surface area contributed by atoms with Crippen molar-refractivity contribution in [3.8, 4) is 6.07 Å². The van der Waals surface area contributed by atoms with Gasteiger partial charge in [-0.2, -0.15) is 5.26 Å². The van der Waals surface area contributed by atoms with Crippen LogP contribution in [0, 0.1) is 16.7 Å². The molecule has 0 aromatic rings. The first-order valence-corrected chi connectivity index (χ1v) is 6.11. The van der Waals surface area contributed by atoms with Gasteiger partial charge in [0.1, 0.15) is 5.41 Å². The van der Waals surface area contributed by atoms with Crippen LogP contribution in [0.25, 0.3) is 0 Å². The predicted octanol–water partition coefficient (Wildman–Crippen LogP) is 0.713. The lowest BCUT2D eigenvalue weighted by Gasteiger charge is -2.18. The topological polar surface area (TPSA) is 82.0 Å². The molecule has 1 aliphatic carbocycles. The number of amides is 2. The Hall–Kier alpha value is -1.57. The maximum Gasteiger partial charge on any atom is 0.240 e. The average molecular weight is 237 g/mol. The molecule has 5 nitrogen and oxygen atoms in total. The molecule has 0 radical (unpaired) electrons. The Morgan fingerprint density at radius 2 is 1.94 bits per heavy atom. The highest BCUT2D eigenvalue weighted by Gasteiger charge is 2.41. The first-order chi connectivity index (χ1) is 8.14. The monoisotopic (exact) mass is 237 g/mol. The fourth-order valence-corrected chi connectivity index (χ4v) is 2.11. The van der Waals surface area contributed by atoms with Gasteiger partial charge in [0.15, 0.2) is 0 Å². The maximum atomic E-state index is 11.9. The molecule has 0 spiro atoms. The quantitative estimate of drug-likeness (QED) is 0.739. The second kappa shape index (κ2) is 6.24. The summed E-state index contributed by atoms with van der Waals surface area (Å²) in [5.41, 5.74) is -0.846. The molecular formula is C12H19N3O2. The van der Waals surface area contributed by atoms with Gasteiger partial charge in [-0.3, -0.25) is 9.59 Å². The molecular weight excluding hydrogens is 218 g/mol. The SMILES string of the molecule is CCNC(=O)CCNC(=O)C1(C#N)CCCC1. The third-order valence-electron chi connectivity index (χ3n) is 3.12. The summed E-state index contributed by atoms with van der Waals surface area (Å²) in [6, 6.07) is 2.13. The third kappa shape index (κ3) is 3.45. The van der Waals surface area contributed by atoms with Gasteiger partial charge in [0.2, 0.25) is 11.8 Å². The van der Waals surface area contributed by atoms with E-state index in [1.807, 2.05) is 6.92 Å². The van der Waals surface area contributed by atoms with Crippen LogP contribution in [0.15, 0.2) is 0 Å². The van der Waals surface area contributed by atoms with Gasteiger partial charge in [0.25, 0.3) is 0 Å². The van der Waals surface area contributed by atoms with Crippen LogP contribution in [0.5, 0.6) is 0 Å². The fraction of sp³-hybridized carbons (Fsp3) is 0.750. The number of nitriles is 1. The van der Waals surface area contributed by atoms with Crippen LogP contribution >= 0.6 is 0 Å². The van der Waals surface area contributed by atoms with E-state index in [0.29, 0.717) is 25.9 Å². The fourth-order valence-electron chi connectivity index (χ4n) is 2.11. The zero-order valence-corrected chi connectivity index (χ0v) is 10.2. The van der Waals surface area contributed by atoms with E-state index in [9.17, 15) is 9.59 Å². The van der Waals surface area contributed by atoms with Crippen molar-refractivity contribution in [3.63, 3.8) is 0 Å². The van der Waals surface area contributed by atoms with Gasteiger partial charge < -0.3 is 10.6 Å². The Balaban J connectivity index is 2.34. The van der Waals surface area contributed by atoms with Crippen LogP contribution in [0.4, 0.5) is 0 Å². The van der Waals surface area contributed by atoms with E-state index in [4.69, 9.17) is 5.26 Å². The van der Waals surface area contributed by atoms with Crippen molar-refractivity contribution in [1.82, 2.24) is 10.6 Å². The molecule has 0 atom stereocenters. The molecule has 0 aromatic heterocycles. The second-order valence-electron chi connectivity index (χ2n) is 4.36. The van der Waals surface area contributed by atoms with Crippen molar-refractivity contribution in [2.75, 3.05) is 13.1 Å². The summed E-state index contributed by atoms with van der Waals surface area (Å²) in [6.45, 7) is 2.74. The van der Waals surface area contributed by atoms with Crippen molar-refractivity contribution in [2.24, 2.45) is 5.41 Å². The predicted molar refractivity (Wildman–Crippen MR) is 62.8 cm³/mol. The summed E-state index contributed by atoms with van der Waals surface area (Å²) in [5.74, 6) is -0.299. The Morgan fingerprint density at radius 3 is 2.47 bits per heavy atom. The smallest absolute Gasteiger partial charge is 0.240 e. The summed E-state index contributed by atoms with van der Waals surface area (Å²) in [7, 11) is 0. The van der Waals surface area contributed by atoms with Crippen LogP contribution in [-0.4, -0.2) is 24.9 Å². The van der Waals surface area contributed by atoms with Crippen molar-refractivity contribution >= 4 is 11.8 Å². The minimum Gasteiger partial charge on any atom is -0.356 e. The third-order valence-corrected chi connectivity index (χ3v) is 3.12. The lowest BCUT2D eigenvalue weighted by molar-refractivity contribution is -0.128. The Morgan fingerprint density at radius 1 is 1.29 bits per heavy atom. The molecule has 0 saturated heterocycles. The van der Waals surface area contributed by atoms with Gasteiger partial charge in [-0.05, 0) is 19.8 Å². The van der Waals surface area contributed by atoms with E-state index in [-0.39, 0.29) is 18.2 Å². The molecule has 1 saturated carbocycles. The molecule has 2 amide bonds. The number of rotatable bonds is 5. The van der Waals surface area contributed by atoms with Crippen LogP contribution in [0.2, 0.25) is 0 Å². The number of nitrogens with one attached hydrogen (secondary N) is 2. The van der Waals surface area contributed by atoms with E-state index in [1.165, 1.54) is 0 Å². The van der Waals surface area contributed by atoms with Gasteiger partial charge in [0, 0.05) is 19.5 Å². The van der Waals surface area contributed by atoms with Crippen molar-refractivity contribution in [3.05, 3.63) is 0 Å². The first kappa shape index (κ1) is 13.5. The van der Waals surface area contributed by atoms with E-state index in [0.717, 1.165) is 12.8 Å². The van der Waals surface area contributed by atoms with Crippen LogP contribution in [0.1, 0.15) is 39.0 Å². The maximum absolute atomic E-state index is 11.9. The Labute approximate surface area is 102 Å². The highest BCUT2D eigenvalue weighted by molar-refractivity contribution is 5.86.